The number of rotatable bonds is 2. The summed E-state index contributed by atoms with van der Waals surface area (Å²) in [5, 5.41) is 17.4. The van der Waals surface area contributed by atoms with Crippen molar-refractivity contribution in [2.75, 3.05) is 0 Å². The van der Waals surface area contributed by atoms with Gasteiger partial charge in [0.15, 0.2) is 0 Å². The molecule has 0 radical (unpaired) electrons. The number of H-pyrrole nitrogens is 1. The molecule has 110 valence electrons. The van der Waals surface area contributed by atoms with Crippen LogP contribution in [0.3, 0.4) is 0 Å². The average molecular weight is 308 g/mol. The van der Waals surface area contributed by atoms with Crippen LogP contribution in [0.1, 0.15) is 37.0 Å². The van der Waals surface area contributed by atoms with Crippen LogP contribution in [0.4, 0.5) is 0 Å². The topological polar surface area (TPSA) is 65.4 Å². The van der Waals surface area contributed by atoms with E-state index in [1.807, 2.05) is 30.3 Å². The summed E-state index contributed by atoms with van der Waals surface area (Å²) < 4.78 is 1.09. The Kier molecular flexibility index (Phi) is 3.55. The molecule has 0 aliphatic heterocycles. The molecular formula is C17H16N4S. The maximum absolute atomic E-state index is 9.51. The van der Waals surface area contributed by atoms with Crippen molar-refractivity contribution in [1.29, 1.82) is 5.26 Å². The summed E-state index contributed by atoms with van der Waals surface area (Å²) in [4.78, 5) is 4.55. The van der Waals surface area contributed by atoms with Crippen LogP contribution in [0.25, 0.3) is 21.9 Å². The third-order valence-corrected chi connectivity index (χ3v) is 4.43. The number of para-hydroxylation sites is 1. The monoisotopic (exact) mass is 308 g/mol. The number of fused-ring (bicyclic) bond motifs is 1. The third-order valence-electron chi connectivity index (χ3n) is 3.36. The van der Waals surface area contributed by atoms with E-state index < -0.39 is 0 Å². The zero-order chi connectivity index (χ0) is 15.7. The molecule has 0 saturated carbocycles. The predicted molar refractivity (Wildman–Crippen MR) is 90.4 cm³/mol. The Hall–Kier alpha value is -2.45. The van der Waals surface area contributed by atoms with E-state index in [9.17, 15) is 5.26 Å². The number of allylic oxidation sites excluding steroid dienone is 1. The van der Waals surface area contributed by atoms with Crippen LogP contribution >= 0.6 is 11.3 Å². The molecule has 0 unspecified atom stereocenters. The summed E-state index contributed by atoms with van der Waals surface area (Å²) >= 11 is 1.53. The zero-order valence-corrected chi connectivity index (χ0v) is 13.5. The van der Waals surface area contributed by atoms with E-state index in [4.69, 9.17) is 0 Å². The largest absolute Gasteiger partial charge is 0.281 e. The minimum absolute atomic E-state index is 0.0590. The summed E-state index contributed by atoms with van der Waals surface area (Å²) in [5.74, 6) is 0. The van der Waals surface area contributed by atoms with Gasteiger partial charge in [-0.15, -0.1) is 11.3 Å². The maximum Gasteiger partial charge on any atom is 0.135 e. The van der Waals surface area contributed by atoms with Gasteiger partial charge >= 0.3 is 0 Å². The first-order valence-corrected chi connectivity index (χ1v) is 7.82. The highest BCUT2D eigenvalue weighted by Crippen LogP contribution is 2.30. The van der Waals surface area contributed by atoms with Gasteiger partial charge in [-0.3, -0.25) is 5.10 Å². The fourth-order valence-electron chi connectivity index (χ4n) is 2.29. The Morgan fingerprint density at radius 3 is 2.77 bits per heavy atom. The lowest BCUT2D eigenvalue weighted by Crippen LogP contribution is -2.13. The van der Waals surface area contributed by atoms with Crippen molar-refractivity contribution < 1.29 is 0 Å². The molecule has 3 rings (SSSR count). The van der Waals surface area contributed by atoms with Gasteiger partial charge in [0.1, 0.15) is 11.1 Å². The van der Waals surface area contributed by atoms with Crippen LogP contribution in [0.5, 0.6) is 0 Å². The lowest BCUT2D eigenvalue weighted by atomic mass is 9.89. The molecule has 0 bridgehead atoms. The molecule has 1 aromatic carbocycles. The minimum Gasteiger partial charge on any atom is -0.281 e. The standard InChI is InChI=1S/C17H16N4S/c1-17(2,3)15-12(10-19-21-15)8-11(9-18)16-20-13-6-4-5-7-14(13)22-16/h4-8,10H,1-3H3,(H,19,21). The van der Waals surface area contributed by atoms with Crippen LogP contribution in [-0.4, -0.2) is 15.2 Å². The van der Waals surface area contributed by atoms with Gasteiger partial charge in [-0.1, -0.05) is 32.9 Å². The van der Waals surface area contributed by atoms with Gasteiger partial charge < -0.3 is 0 Å². The van der Waals surface area contributed by atoms with Gasteiger partial charge in [0.2, 0.25) is 0 Å². The van der Waals surface area contributed by atoms with Crippen LogP contribution in [0.2, 0.25) is 0 Å². The van der Waals surface area contributed by atoms with Crippen molar-refractivity contribution in [3.8, 4) is 6.07 Å². The van der Waals surface area contributed by atoms with Gasteiger partial charge in [0.25, 0.3) is 0 Å². The quantitative estimate of drug-likeness (QED) is 0.714. The number of nitriles is 1. The first kappa shape index (κ1) is 14.5. The molecule has 0 spiro atoms. The fourth-order valence-corrected chi connectivity index (χ4v) is 3.22. The lowest BCUT2D eigenvalue weighted by Gasteiger charge is -2.17. The first-order chi connectivity index (χ1) is 10.5. The summed E-state index contributed by atoms with van der Waals surface area (Å²) in [6, 6.07) is 10.2. The number of nitrogens with zero attached hydrogens (tertiary/aromatic N) is 3. The third kappa shape index (κ3) is 2.66. The van der Waals surface area contributed by atoms with Crippen LogP contribution < -0.4 is 0 Å². The van der Waals surface area contributed by atoms with E-state index in [0.29, 0.717) is 5.57 Å². The normalized spacial score (nSPS) is 12.5. The van der Waals surface area contributed by atoms with Gasteiger partial charge in [0, 0.05) is 16.7 Å². The maximum atomic E-state index is 9.51. The van der Waals surface area contributed by atoms with Crippen molar-refractivity contribution in [3.05, 3.63) is 46.7 Å². The summed E-state index contributed by atoms with van der Waals surface area (Å²) in [6.07, 6.45) is 3.62. The fraction of sp³-hybridized carbons (Fsp3) is 0.235. The van der Waals surface area contributed by atoms with Crippen molar-refractivity contribution in [3.63, 3.8) is 0 Å². The molecule has 2 heterocycles. The van der Waals surface area contributed by atoms with Crippen molar-refractivity contribution in [2.45, 2.75) is 26.2 Å². The number of aromatic nitrogens is 3. The highest BCUT2D eigenvalue weighted by molar-refractivity contribution is 7.19. The van der Waals surface area contributed by atoms with Crippen molar-refractivity contribution >= 4 is 33.2 Å². The molecule has 0 saturated heterocycles. The number of thiazole rings is 1. The molecular weight excluding hydrogens is 292 g/mol. The Morgan fingerprint density at radius 1 is 1.32 bits per heavy atom. The Labute approximate surface area is 133 Å². The van der Waals surface area contributed by atoms with E-state index >= 15 is 0 Å². The summed E-state index contributed by atoms with van der Waals surface area (Å²) in [7, 11) is 0. The molecule has 5 heteroatoms. The van der Waals surface area contributed by atoms with Gasteiger partial charge in [-0.2, -0.15) is 10.4 Å². The number of nitrogens with one attached hydrogen (secondary N) is 1. The molecule has 0 atom stereocenters. The Morgan fingerprint density at radius 2 is 2.09 bits per heavy atom. The molecule has 4 nitrogen and oxygen atoms in total. The van der Waals surface area contributed by atoms with E-state index in [1.54, 1.807) is 6.20 Å². The highest BCUT2D eigenvalue weighted by atomic mass is 32.1. The van der Waals surface area contributed by atoms with Crippen molar-refractivity contribution in [1.82, 2.24) is 15.2 Å². The second-order valence-corrected chi connectivity index (χ2v) is 7.14. The lowest BCUT2D eigenvalue weighted by molar-refractivity contribution is 0.566. The summed E-state index contributed by atoms with van der Waals surface area (Å²) in [6.45, 7) is 6.34. The van der Waals surface area contributed by atoms with Crippen LogP contribution in [-0.2, 0) is 5.41 Å². The van der Waals surface area contributed by atoms with E-state index in [2.05, 4.69) is 42.0 Å². The second kappa shape index (κ2) is 5.39. The van der Waals surface area contributed by atoms with E-state index in [0.717, 1.165) is 26.5 Å². The molecule has 3 aromatic rings. The molecule has 0 aliphatic carbocycles. The predicted octanol–water partition coefficient (Wildman–Crippen LogP) is 4.38. The average Bonchev–Trinajstić information content (AvgIpc) is 3.10. The van der Waals surface area contributed by atoms with Crippen LogP contribution in [0, 0.1) is 11.3 Å². The van der Waals surface area contributed by atoms with Crippen molar-refractivity contribution in [2.24, 2.45) is 0 Å². The molecule has 1 N–H and O–H groups in total. The minimum atomic E-state index is -0.0590. The summed E-state index contributed by atoms with van der Waals surface area (Å²) in [5.41, 5.74) is 3.38. The van der Waals surface area contributed by atoms with Gasteiger partial charge in [-0.25, -0.2) is 4.98 Å². The first-order valence-electron chi connectivity index (χ1n) is 7.00. The Bertz CT molecular complexity index is 854. The van der Waals surface area contributed by atoms with Gasteiger partial charge in [0.05, 0.1) is 22.0 Å². The van der Waals surface area contributed by atoms with Crippen LogP contribution in [0.15, 0.2) is 30.5 Å². The molecule has 2 aromatic heterocycles. The number of benzene rings is 1. The molecule has 0 aliphatic rings. The second-order valence-electron chi connectivity index (χ2n) is 6.11. The Balaban J connectivity index is 2.08. The SMILES string of the molecule is CC(C)(C)c1[nH]ncc1C=C(C#N)c1nc2ccccc2s1. The number of aromatic amines is 1. The molecule has 0 amide bonds. The zero-order valence-electron chi connectivity index (χ0n) is 12.7. The van der Waals surface area contributed by atoms with E-state index in [1.165, 1.54) is 11.3 Å². The smallest absolute Gasteiger partial charge is 0.135 e. The number of hydrogen-bond donors (Lipinski definition) is 1. The van der Waals surface area contributed by atoms with Gasteiger partial charge in [-0.05, 0) is 18.2 Å². The molecule has 0 fully saturated rings. The van der Waals surface area contributed by atoms with E-state index in [-0.39, 0.29) is 5.41 Å². The number of hydrogen-bond acceptors (Lipinski definition) is 4. The highest BCUT2D eigenvalue weighted by Gasteiger charge is 2.20. The molecule has 22 heavy (non-hydrogen) atoms.